The third-order valence-corrected chi connectivity index (χ3v) is 2.98. The van der Waals surface area contributed by atoms with Gasteiger partial charge in [0, 0.05) is 32.7 Å². The van der Waals surface area contributed by atoms with Crippen LogP contribution in [-0.2, 0) is 4.79 Å². The summed E-state index contributed by atoms with van der Waals surface area (Å²) in [5.74, 6) is 1.77. The number of hydrogen-bond acceptors (Lipinski definition) is 3. The predicted molar refractivity (Wildman–Crippen MR) is 102 cm³/mol. The Hall–Kier alpha value is -1.41. The Morgan fingerprint density at radius 1 is 1.14 bits per heavy atom. The molecule has 0 heterocycles. The molecule has 126 valence electrons. The molecule has 0 aromatic carbocycles. The first-order valence-corrected chi connectivity index (χ1v) is 8.79. The lowest BCUT2D eigenvalue weighted by Gasteiger charge is -2.02. The van der Waals surface area contributed by atoms with Crippen LogP contribution >= 0.6 is 8.35 Å². The minimum absolute atomic E-state index is 0.0163. The van der Waals surface area contributed by atoms with Gasteiger partial charge < -0.3 is 10.6 Å². The predicted octanol–water partition coefficient (Wildman–Crippen LogP) is 4.12. The topological polar surface area (TPSA) is 53.5 Å². The average Bonchev–Trinajstić information content (AvgIpc) is 2.51. The van der Waals surface area contributed by atoms with E-state index in [0.717, 1.165) is 34.3 Å². The van der Waals surface area contributed by atoms with E-state index in [0.29, 0.717) is 5.57 Å². The highest BCUT2D eigenvalue weighted by Crippen LogP contribution is 1.96. The van der Waals surface area contributed by atoms with Gasteiger partial charge in [0.05, 0.1) is 0 Å². The second-order valence-corrected chi connectivity index (χ2v) is 5.55. The molecule has 0 bridgehead atoms. The Balaban J connectivity index is 0. The molecule has 0 spiro atoms. The summed E-state index contributed by atoms with van der Waals surface area (Å²) in [5, 5.41) is 6.08. The molecule has 0 unspecified atom stereocenters. The Kier molecular flexibility index (Phi) is 18.3. The monoisotopic (exact) mass is 325 g/mol. The fraction of sp³-hybridized carbons (Fsp3) is 0.588. The SMILES string of the molecule is C=NP=C/C=C(\C)C(=O)NCCC.CC/C=C(\C)NCCC. The maximum atomic E-state index is 11.2. The fourth-order valence-electron chi connectivity index (χ4n) is 1.35. The average molecular weight is 325 g/mol. The maximum Gasteiger partial charge on any atom is 0.246 e. The molecule has 22 heavy (non-hydrogen) atoms. The highest BCUT2D eigenvalue weighted by Gasteiger charge is 1.99. The molecule has 0 aliphatic rings. The largest absolute Gasteiger partial charge is 0.389 e. The Bertz CT molecular complexity index is 387. The molecule has 0 saturated carbocycles. The van der Waals surface area contributed by atoms with Gasteiger partial charge in [-0.05, 0) is 51.7 Å². The molecule has 4 nitrogen and oxygen atoms in total. The number of allylic oxidation sites excluding steroid dienone is 3. The fourth-order valence-corrected chi connectivity index (χ4v) is 1.73. The van der Waals surface area contributed by atoms with Crippen LogP contribution in [0.25, 0.3) is 0 Å². The van der Waals surface area contributed by atoms with E-state index >= 15 is 0 Å². The number of rotatable bonds is 9. The van der Waals surface area contributed by atoms with Crippen molar-refractivity contribution in [2.24, 2.45) is 4.76 Å². The van der Waals surface area contributed by atoms with Gasteiger partial charge in [-0.15, -0.1) is 0 Å². The number of carbonyl (C=O) groups is 1. The van der Waals surface area contributed by atoms with Gasteiger partial charge in [0.25, 0.3) is 0 Å². The zero-order valence-electron chi connectivity index (χ0n) is 14.8. The minimum atomic E-state index is -0.0163. The Morgan fingerprint density at radius 3 is 2.23 bits per heavy atom. The molecular formula is C17H32N3OP. The molecule has 0 aliphatic heterocycles. The summed E-state index contributed by atoms with van der Waals surface area (Å²) < 4.78 is 3.62. The van der Waals surface area contributed by atoms with Crippen molar-refractivity contribution < 1.29 is 4.79 Å². The molecule has 0 radical (unpaired) electrons. The zero-order valence-corrected chi connectivity index (χ0v) is 15.7. The maximum absolute atomic E-state index is 11.2. The van der Waals surface area contributed by atoms with E-state index in [1.165, 1.54) is 12.1 Å². The van der Waals surface area contributed by atoms with Gasteiger partial charge in [0.2, 0.25) is 5.91 Å². The van der Waals surface area contributed by atoms with Crippen LogP contribution in [0.4, 0.5) is 0 Å². The van der Waals surface area contributed by atoms with Crippen LogP contribution in [0.5, 0.6) is 0 Å². The van der Waals surface area contributed by atoms with Crippen LogP contribution < -0.4 is 10.6 Å². The third-order valence-electron chi connectivity index (χ3n) is 2.53. The van der Waals surface area contributed by atoms with Crippen molar-refractivity contribution in [1.82, 2.24) is 10.6 Å². The lowest BCUT2D eigenvalue weighted by atomic mass is 10.3. The number of nitrogens with one attached hydrogen (secondary N) is 2. The summed E-state index contributed by atoms with van der Waals surface area (Å²) in [5.41, 5.74) is 2.00. The second kappa shape index (κ2) is 17.6. The van der Waals surface area contributed by atoms with Crippen molar-refractivity contribution in [1.29, 1.82) is 0 Å². The zero-order chi connectivity index (χ0) is 17.2. The van der Waals surface area contributed by atoms with Crippen molar-refractivity contribution >= 4 is 26.8 Å². The molecule has 0 aromatic rings. The third kappa shape index (κ3) is 16.6. The van der Waals surface area contributed by atoms with Gasteiger partial charge in [-0.2, -0.15) is 0 Å². The molecule has 0 aromatic heterocycles. The van der Waals surface area contributed by atoms with E-state index in [-0.39, 0.29) is 5.91 Å². The smallest absolute Gasteiger partial charge is 0.246 e. The molecule has 0 rings (SSSR count). The normalized spacial score (nSPS) is 11.7. The van der Waals surface area contributed by atoms with E-state index in [2.05, 4.69) is 49.0 Å². The summed E-state index contributed by atoms with van der Waals surface area (Å²) in [6.07, 6.45) is 7.24. The first-order valence-electron chi connectivity index (χ1n) is 7.88. The molecule has 0 saturated heterocycles. The Morgan fingerprint density at radius 2 is 1.73 bits per heavy atom. The molecule has 0 fully saturated rings. The number of carbonyl (C=O) groups excluding carboxylic acids is 1. The molecule has 5 heteroatoms. The van der Waals surface area contributed by atoms with Crippen LogP contribution in [0, 0.1) is 0 Å². The van der Waals surface area contributed by atoms with E-state index in [1.54, 1.807) is 18.8 Å². The van der Waals surface area contributed by atoms with Crippen LogP contribution in [-0.4, -0.2) is 31.5 Å². The second-order valence-electron chi connectivity index (χ2n) is 4.73. The van der Waals surface area contributed by atoms with E-state index in [1.807, 2.05) is 6.92 Å². The summed E-state index contributed by atoms with van der Waals surface area (Å²) in [6, 6.07) is 0. The first-order chi connectivity index (χ1) is 10.5. The summed E-state index contributed by atoms with van der Waals surface area (Å²) in [6.45, 7) is 15.4. The minimum Gasteiger partial charge on any atom is -0.389 e. The van der Waals surface area contributed by atoms with Crippen molar-refractivity contribution in [3.05, 3.63) is 23.4 Å². The van der Waals surface area contributed by atoms with Crippen molar-refractivity contribution in [3.8, 4) is 0 Å². The summed E-state index contributed by atoms with van der Waals surface area (Å²) >= 11 is 0. The number of hydrogen-bond donors (Lipinski definition) is 2. The van der Waals surface area contributed by atoms with Gasteiger partial charge in [-0.1, -0.05) is 26.8 Å². The van der Waals surface area contributed by atoms with Gasteiger partial charge in [0.15, 0.2) is 0 Å². The van der Waals surface area contributed by atoms with E-state index in [9.17, 15) is 4.79 Å². The van der Waals surface area contributed by atoms with Crippen LogP contribution in [0.15, 0.2) is 28.2 Å². The van der Waals surface area contributed by atoms with Crippen molar-refractivity contribution in [2.45, 2.75) is 53.9 Å². The molecule has 0 atom stereocenters. The molecule has 1 amide bonds. The highest BCUT2D eigenvalue weighted by molar-refractivity contribution is 7.37. The van der Waals surface area contributed by atoms with Crippen LogP contribution in [0.1, 0.15) is 53.9 Å². The quantitative estimate of drug-likeness (QED) is 0.380. The highest BCUT2D eigenvalue weighted by atomic mass is 31.1. The van der Waals surface area contributed by atoms with Crippen molar-refractivity contribution in [3.63, 3.8) is 0 Å². The van der Waals surface area contributed by atoms with Crippen molar-refractivity contribution in [2.75, 3.05) is 13.1 Å². The van der Waals surface area contributed by atoms with Gasteiger partial charge in [-0.3, -0.25) is 4.79 Å². The van der Waals surface area contributed by atoms with E-state index in [4.69, 9.17) is 0 Å². The number of amides is 1. The first kappa shape index (κ1) is 22.9. The summed E-state index contributed by atoms with van der Waals surface area (Å²) in [4.78, 5) is 11.2. The molecule has 0 aliphatic carbocycles. The van der Waals surface area contributed by atoms with Gasteiger partial charge in [-0.25, -0.2) is 4.76 Å². The lowest BCUT2D eigenvalue weighted by molar-refractivity contribution is -0.117. The Labute approximate surface area is 138 Å². The number of nitrogens with zero attached hydrogens (tertiary/aromatic N) is 1. The summed E-state index contributed by atoms with van der Waals surface area (Å²) in [7, 11) is 0.773. The van der Waals surface area contributed by atoms with Crippen LogP contribution in [0.3, 0.4) is 0 Å². The van der Waals surface area contributed by atoms with Gasteiger partial charge >= 0.3 is 0 Å². The molecular weight excluding hydrogens is 293 g/mol. The standard InChI is InChI=1S/C9H15N2OP.C8H17N/c1-4-6-11-9(12)8(2)5-7-13-10-3;1-4-6-8(3)9-7-5-2/h5,7H,3-4,6H2,1-2H3,(H,11,12);6,9H,4-5,7H2,1-3H3/b8-5+;8-6+. The lowest BCUT2D eigenvalue weighted by Crippen LogP contribution is -2.24. The van der Waals surface area contributed by atoms with Gasteiger partial charge in [0.1, 0.15) is 0 Å². The van der Waals surface area contributed by atoms with Crippen LogP contribution in [0.2, 0.25) is 0 Å². The van der Waals surface area contributed by atoms with E-state index < -0.39 is 0 Å². The molecule has 2 N–H and O–H groups in total.